The minimum atomic E-state index is -4.97. The van der Waals surface area contributed by atoms with E-state index in [9.17, 15) is 43.2 Å². The average molecular weight is 1450 g/mol. The first-order chi connectivity index (χ1) is 47.9. The highest BCUT2D eigenvalue weighted by atomic mass is 31.2. The molecule has 99 heavy (non-hydrogen) atoms. The van der Waals surface area contributed by atoms with Crippen LogP contribution in [0.25, 0.3) is 0 Å². The summed E-state index contributed by atoms with van der Waals surface area (Å²) in [4.78, 5) is 72.8. The fourth-order valence-corrected chi connectivity index (χ4v) is 13.4. The van der Waals surface area contributed by atoms with Crippen molar-refractivity contribution >= 4 is 39.5 Å². The lowest BCUT2D eigenvalue weighted by Crippen LogP contribution is -2.30. The summed E-state index contributed by atoms with van der Waals surface area (Å²) in [7, 11) is -9.92. The van der Waals surface area contributed by atoms with Crippen LogP contribution in [0.3, 0.4) is 0 Å². The summed E-state index contributed by atoms with van der Waals surface area (Å²) in [6.07, 6.45) is 63.3. The molecule has 0 aliphatic rings. The van der Waals surface area contributed by atoms with Crippen LogP contribution in [0.2, 0.25) is 0 Å². The monoisotopic (exact) mass is 1450 g/mol. The predicted molar refractivity (Wildman–Crippen MR) is 404 cm³/mol. The number of esters is 4. The van der Waals surface area contributed by atoms with E-state index in [1.54, 1.807) is 0 Å². The molecule has 0 aliphatic carbocycles. The molecule has 0 aromatic rings. The van der Waals surface area contributed by atoms with Gasteiger partial charge in [0.1, 0.15) is 19.3 Å². The number of ether oxygens (including phenoxy) is 4. The highest BCUT2D eigenvalue weighted by Crippen LogP contribution is 2.45. The fourth-order valence-electron chi connectivity index (χ4n) is 11.8. The Morgan fingerprint density at radius 3 is 0.909 bits per heavy atom. The van der Waals surface area contributed by atoms with Crippen LogP contribution in [0.4, 0.5) is 0 Å². The molecule has 0 bridgehead atoms. The number of aliphatic hydroxyl groups excluding tert-OH is 1. The topological polar surface area (TPSA) is 237 Å². The van der Waals surface area contributed by atoms with Crippen molar-refractivity contribution in [3.05, 3.63) is 24.3 Å². The summed E-state index contributed by atoms with van der Waals surface area (Å²) in [6, 6.07) is 0. The van der Waals surface area contributed by atoms with Crippen molar-refractivity contribution in [1.82, 2.24) is 0 Å². The van der Waals surface area contributed by atoms with Crippen LogP contribution < -0.4 is 0 Å². The third-order valence-electron chi connectivity index (χ3n) is 18.4. The number of aliphatic hydroxyl groups is 1. The highest BCUT2D eigenvalue weighted by molar-refractivity contribution is 7.47. The molecule has 0 rings (SSSR count). The number of unbranched alkanes of at least 4 members (excludes halogenated alkanes) is 43. The van der Waals surface area contributed by atoms with Crippen LogP contribution in [0.15, 0.2) is 24.3 Å². The summed E-state index contributed by atoms with van der Waals surface area (Å²) in [5.41, 5.74) is 0. The summed E-state index contributed by atoms with van der Waals surface area (Å²) < 4.78 is 68.5. The minimum Gasteiger partial charge on any atom is -0.462 e. The number of carbonyl (C=O) groups excluding carboxylic acids is 4. The Kier molecular flexibility index (Phi) is 69.4. The zero-order valence-corrected chi connectivity index (χ0v) is 66.1. The van der Waals surface area contributed by atoms with E-state index in [0.717, 1.165) is 127 Å². The summed E-state index contributed by atoms with van der Waals surface area (Å²) >= 11 is 0. The highest BCUT2D eigenvalue weighted by Gasteiger charge is 2.30. The molecule has 0 aromatic carbocycles. The lowest BCUT2D eigenvalue weighted by molar-refractivity contribution is -0.161. The molecule has 0 amide bonds. The standard InChI is InChI=1S/C80H152O17P2/c1-7-10-12-14-16-18-19-20-25-29-34-39-45-51-57-63-78(83)91-69-76(97-79(84)64-58-52-46-40-35-30-27-24-22-21-23-26-28-33-38-43-49-55-61-73(6)9-3)71-95-99(88,89)93-67-74(81)66-92-98(86,87)94-70-75(68-90-77(82)62-56-50-44-17-15-13-11-8-2)96-80(85)65-59-53-47-41-36-31-32-37-42-48-54-60-72(4)5/h18-20,25,72-76,81H,7-17,21-24,26-71H2,1-6H3,(H,86,87)(H,88,89)/b19-18-,25-20-/t73?,74-,75+,76+/m0/s1. The second kappa shape index (κ2) is 71.2. The second-order valence-corrected chi connectivity index (χ2v) is 31.7. The normalized spacial score (nSPS) is 14.4. The maximum absolute atomic E-state index is 13.1. The first kappa shape index (κ1) is 96.5. The van der Waals surface area contributed by atoms with Gasteiger partial charge >= 0.3 is 39.5 Å². The van der Waals surface area contributed by atoms with E-state index in [1.165, 1.54) is 186 Å². The van der Waals surface area contributed by atoms with Crippen molar-refractivity contribution in [3.63, 3.8) is 0 Å². The first-order valence-corrected chi connectivity index (χ1v) is 43.8. The largest absolute Gasteiger partial charge is 0.472 e. The lowest BCUT2D eigenvalue weighted by atomic mass is 9.99. The molecule has 3 N–H and O–H groups in total. The van der Waals surface area contributed by atoms with E-state index in [4.69, 9.17) is 37.0 Å². The third-order valence-corrected chi connectivity index (χ3v) is 20.3. The maximum atomic E-state index is 13.1. The Morgan fingerprint density at radius 1 is 0.333 bits per heavy atom. The molecule has 0 heterocycles. The Morgan fingerprint density at radius 2 is 0.596 bits per heavy atom. The van der Waals surface area contributed by atoms with Gasteiger partial charge in [-0.05, 0) is 63.2 Å². The van der Waals surface area contributed by atoms with Crippen LogP contribution >= 0.6 is 15.6 Å². The number of allylic oxidation sites excluding steroid dienone is 4. The number of carbonyl (C=O) groups is 4. The molecule has 19 heteroatoms. The van der Waals surface area contributed by atoms with Crippen molar-refractivity contribution in [2.24, 2.45) is 11.8 Å². The predicted octanol–water partition coefficient (Wildman–Crippen LogP) is 23.4. The van der Waals surface area contributed by atoms with Crippen molar-refractivity contribution in [2.45, 2.75) is 413 Å². The van der Waals surface area contributed by atoms with Crippen molar-refractivity contribution in [3.8, 4) is 0 Å². The van der Waals surface area contributed by atoms with Gasteiger partial charge in [-0.15, -0.1) is 0 Å². The van der Waals surface area contributed by atoms with Gasteiger partial charge in [0.05, 0.1) is 26.4 Å². The smallest absolute Gasteiger partial charge is 0.462 e. The molecule has 0 saturated carbocycles. The van der Waals surface area contributed by atoms with Gasteiger partial charge in [0.25, 0.3) is 0 Å². The number of phosphoric acid groups is 2. The van der Waals surface area contributed by atoms with E-state index in [1.807, 2.05) is 0 Å². The number of phosphoric ester groups is 2. The molecule has 3 unspecified atom stereocenters. The van der Waals surface area contributed by atoms with Gasteiger partial charge in [0, 0.05) is 25.7 Å². The van der Waals surface area contributed by atoms with Gasteiger partial charge in [-0.3, -0.25) is 37.3 Å². The molecule has 0 aromatic heterocycles. The fraction of sp³-hybridized carbons (Fsp3) is 0.900. The molecule has 6 atom stereocenters. The number of rotatable bonds is 77. The third kappa shape index (κ3) is 72.3. The van der Waals surface area contributed by atoms with E-state index in [-0.39, 0.29) is 25.7 Å². The van der Waals surface area contributed by atoms with Crippen LogP contribution in [0.1, 0.15) is 395 Å². The Labute approximate surface area is 605 Å². The first-order valence-electron chi connectivity index (χ1n) is 40.8. The van der Waals surface area contributed by atoms with E-state index < -0.39 is 97.5 Å². The molecule has 0 radical (unpaired) electrons. The van der Waals surface area contributed by atoms with Gasteiger partial charge in [-0.2, -0.15) is 0 Å². The van der Waals surface area contributed by atoms with Crippen molar-refractivity contribution < 1.29 is 80.2 Å². The quantitative estimate of drug-likeness (QED) is 0.0169. The molecule has 0 fully saturated rings. The SMILES string of the molecule is CCCCCC/C=C\C=C/CCCCCCCC(=O)OC[C@H](COP(=O)(O)OC[C@@H](O)COP(=O)(O)OC[C@@H](COC(=O)CCCCCCCCCC)OC(=O)CCCCCCCCCCCCCC(C)C)OC(=O)CCCCCCCCCCCCCCCCCCCCC(C)CC. The molecule has 0 saturated heterocycles. The summed E-state index contributed by atoms with van der Waals surface area (Å²) in [6.45, 7) is 9.59. The van der Waals surface area contributed by atoms with E-state index in [0.29, 0.717) is 25.7 Å². The van der Waals surface area contributed by atoms with Gasteiger partial charge in [0.15, 0.2) is 12.2 Å². The molecular weight excluding hydrogens is 1290 g/mol. The molecular formula is C80H152O17P2. The van der Waals surface area contributed by atoms with Gasteiger partial charge in [-0.1, -0.05) is 342 Å². The second-order valence-electron chi connectivity index (χ2n) is 28.8. The van der Waals surface area contributed by atoms with E-state index >= 15 is 0 Å². The Bertz CT molecular complexity index is 2000. The van der Waals surface area contributed by atoms with Crippen LogP contribution in [0, 0.1) is 11.8 Å². The summed E-state index contributed by atoms with van der Waals surface area (Å²) in [5.74, 6) is -0.511. The molecule has 0 spiro atoms. The van der Waals surface area contributed by atoms with Gasteiger partial charge in [0.2, 0.25) is 0 Å². The lowest BCUT2D eigenvalue weighted by Gasteiger charge is -2.21. The Balaban J connectivity index is 5.21. The summed E-state index contributed by atoms with van der Waals surface area (Å²) in [5, 5.41) is 10.6. The zero-order valence-electron chi connectivity index (χ0n) is 64.3. The van der Waals surface area contributed by atoms with Gasteiger partial charge < -0.3 is 33.8 Å². The van der Waals surface area contributed by atoms with E-state index in [2.05, 4.69) is 65.8 Å². The van der Waals surface area contributed by atoms with Crippen LogP contribution in [-0.2, 0) is 65.4 Å². The molecule has 584 valence electrons. The maximum Gasteiger partial charge on any atom is 0.472 e. The molecule has 17 nitrogen and oxygen atoms in total. The van der Waals surface area contributed by atoms with Crippen LogP contribution in [0.5, 0.6) is 0 Å². The van der Waals surface area contributed by atoms with Crippen molar-refractivity contribution in [1.29, 1.82) is 0 Å². The zero-order chi connectivity index (χ0) is 72.8. The average Bonchev–Trinajstić information content (AvgIpc) is 1.07. The number of hydrogen-bond donors (Lipinski definition) is 3. The van der Waals surface area contributed by atoms with Gasteiger partial charge in [-0.25, -0.2) is 9.13 Å². The van der Waals surface area contributed by atoms with Crippen LogP contribution in [-0.4, -0.2) is 96.7 Å². The number of hydrogen-bond acceptors (Lipinski definition) is 15. The Hall–Kier alpha value is -2.46. The minimum absolute atomic E-state index is 0.101. The van der Waals surface area contributed by atoms with Crippen molar-refractivity contribution in [2.75, 3.05) is 39.6 Å². The molecule has 0 aliphatic heterocycles.